The number of aryl methyl sites for hydroxylation is 1. The number of carbonyl (C=O) groups is 1. The van der Waals surface area contributed by atoms with Gasteiger partial charge in [0.05, 0.1) is 17.7 Å². The second-order valence-corrected chi connectivity index (χ2v) is 12.1. The number of thiazole rings is 1. The highest BCUT2D eigenvalue weighted by Crippen LogP contribution is 2.34. The molecular weight excluding hydrogens is 555 g/mol. The summed E-state index contributed by atoms with van der Waals surface area (Å²) >= 11 is 1.47. The van der Waals surface area contributed by atoms with Gasteiger partial charge in [0, 0.05) is 21.7 Å². The Morgan fingerprint density at radius 3 is 2.10 bits per heavy atom. The SMILES string of the molecule is CCCc1sc(NC(=O)c2ccc(NS(=O)(=O)c3ccc(OC)cc3)cc2)nc1-c1ccc(-c2ccccc2)cc1. The second-order valence-electron chi connectivity index (χ2n) is 9.30. The van der Waals surface area contributed by atoms with E-state index < -0.39 is 10.0 Å². The van der Waals surface area contributed by atoms with Gasteiger partial charge in [-0.05, 0) is 66.1 Å². The molecule has 0 saturated carbocycles. The molecule has 0 aliphatic rings. The molecule has 0 bridgehead atoms. The van der Waals surface area contributed by atoms with Crippen LogP contribution >= 0.6 is 11.3 Å². The molecule has 0 spiro atoms. The van der Waals surface area contributed by atoms with Crippen LogP contribution in [0, 0.1) is 0 Å². The van der Waals surface area contributed by atoms with Crippen molar-refractivity contribution in [2.24, 2.45) is 0 Å². The first-order valence-corrected chi connectivity index (χ1v) is 15.4. The zero-order valence-electron chi connectivity index (χ0n) is 22.6. The van der Waals surface area contributed by atoms with Gasteiger partial charge >= 0.3 is 0 Å². The van der Waals surface area contributed by atoms with E-state index in [1.807, 2.05) is 18.2 Å². The van der Waals surface area contributed by atoms with E-state index in [4.69, 9.17) is 9.72 Å². The Morgan fingerprint density at radius 1 is 0.829 bits per heavy atom. The largest absolute Gasteiger partial charge is 0.497 e. The number of benzene rings is 4. The number of hydrogen-bond donors (Lipinski definition) is 2. The number of nitrogens with zero attached hydrogens (tertiary/aromatic N) is 1. The maximum absolute atomic E-state index is 13.0. The Labute approximate surface area is 243 Å². The monoisotopic (exact) mass is 583 g/mol. The second kappa shape index (κ2) is 12.4. The molecule has 0 aliphatic heterocycles. The van der Waals surface area contributed by atoms with Crippen molar-refractivity contribution in [1.29, 1.82) is 0 Å². The number of carbonyl (C=O) groups excluding carboxylic acids is 1. The number of nitrogens with one attached hydrogen (secondary N) is 2. The van der Waals surface area contributed by atoms with E-state index in [1.165, 1.54) is 30.6 Å². The first-order valence-electron chi connectivity index (χ1n) is 13.1. The Bertz CT molecular complexity index is 1730. The van der Waals surface area contributed by atoms with Crippen LogP contribution in [0.4, 0.5) is 10.8 Å². The summed E-state index contributed by atoms with van der Waals surface area (Å²) in [5, 5.41) is 3.43. The minimum absolute atomic E-state index is 0.109. The van der Waals surface area contributed by atoms with Crippen molar-refractivity contribution in [1.82, 2.24) is 4.98 Å². The topological polar surface area (TPSA) is 97.4 Å². The Morgan fingerprint density at radius 2 is 1.46 bits per heavy atom. The zero-order chi connectivity index (χ0) is 28.8. The average Bonchev–Trinajstić information content (AvgIpc) is 3.40. The molecule has 208 valence electrons. The van der Waals surface area contributed by atoms with Gasteiger partial charge in [0.1, 0.15) is 5.75 Å². The number of sulfonamides is 1. The highest BCUT2D eigenvalue weighted by atomic mass is 32.2. The van der Waals surface area contributed by atoms with Gasteiger partial charge < -0.3 is 4.74 Å². The third-order valence-electron chi connectivity index (χ3n) is 6.43. The number of anilines is 2. The van der Waals surface area contributed by atoms with Crippen LogP contribution in [0.5, 0.6) is 5.75 Å². The van der Waals surface area contributed by atoms with E-state index in [2.05, 4.69) is 53.4 Å². The van der Waals surface area contributed by atoms with E-state index in [-0.39, 0.29) is 10.8 Å². The van der Waals surface area contributed by atoms with Gasteiger partial charge in [0.2, 0.25) is 0 Å². The number of rotatable bonds is 10. The van der Waals surface area contributed by atoms with Crippen LogP contribution in [0.25, 0.3) is 22.4 Å². The average molecular weight is 584 g/mol. The lowest BCUT2D eigenvalue weighted by Gasteiger charge is -2.09. The van der Waals surface area contributed by atoms with Crippen LogP contribution < -0.4 is 14.8 Å². The normalized spacial score (nSPS) is 11.2. The maximum Gasteiger partial charge on any atom is 0.261 e. The predicted molar refractivity (Wildman–Crippen MR) is 165 cm³/mol. The molecule has 0 aliphatic carbocycles. The molecule has 1 aromatic heterocycles. The van der Waals surface area contributed by atoms with E-state index in [9.17, 15) is 13.2 Å². The molecule has 0 fully saturated rings. The summed E-state index contributed by atoms with van der Waals surface area (Å²) in [6.45, 7) is 2.12. The van der Waals surface area contributed by atoms with Crippen molar-refractivity contribution in [2.45, 2.75) is 24.7 Å². The Hall–Kier alpha value is -4.47. The summed E-state index contributed by atoms with van der Waals surface area (Å²) in [5.74, 6) is 0.242. The first-order chi connectivity index (χ1) is 19.9. The van der Waals surface area contributed by atoms with Gasteiger partial charge in [-0.25, -0.2) is 13.4 Å². The zero-order valence-corrected chi connectivity index (χ0v) is 24.3. The van der Waals surface area contributed by atoms with E-state index >= 15 is 0 Å². The van der Waals surface area contributed by atoms with Crippen molar-refractivity contribution < 1.29 is 17.9 Å². The third-order valence-corrected chi connectivity index (χ3v) is 8.86. The summed E-state index contributed by atoms with van der Waals surface area (Å²) in [7, 11) is -2.27. The van der Waals surface area contributed by atoms with Crippen molar-refractivity contribution >= 4 is 38.1 Å². The number of methoxy groups -OCH3 is 1. The summed E-state index contributed by atoms with van der Waals surface area (Å²) < 4.78 is 33.1. The van der Waals surface area contributed by atoms with Crippen LogP contribution in [-0.4, -0.2) is 26.4 Å². The van der Waals surface area contributed by atoms with Crippen molar-refractivity contribution in [3.63, 3.8) is 0 Å². The molecule has 1 heterocycles. The van der Waals surface area contributed by atoms with E-state index in [0.29, 0.717) is 22.1 Å². The van der Waals surface area contributed by atoms with Crippen molar-refractivity contribution in [3.05, 3.63) is 114 Å². The fourth-order valence-electron chi connectivity index (χ4n) is 4.31. The van der Waals surface area contributed by atoms with Crippen molar-refractivity contribution in [3.8, 4) is 28.1 Å². The van der Waals surface area contributed by atoms with E-state index in [1.54, 1.807) is 36.4 Å². The first kappa shape index (κ1) is 28.1. The number of amides is 1. The summed E-state index contributed by atoms with van der Waals surface area (Å²) in [5.41, 5.74) is 4.88. The molecule has 0 atom stereocenters. The maximum atomic E-state index is 13.0. The fourth-order valence-corrected chi connectivity index (χ4v) is 6.45. The smallest absolute Gasteiger partial charge is 0.261 e. The van der Waals surface area contributed by atoms with Crippen LogP contribution in [0.3, 0.4) is 0 Å². The number of hydrogen-bond acceptors (Lipinski definition) is 6. The fraction of sp³-hybridized carbons (Fsp3) is 0.125. The van der Waals surface area contributed by atoms with Crippen LogP contribution in [0.2, 0.25) is 0 Å². The van der Waals surface area contributed by atoms with Gasteiger partial charge in [0.15, 0.2) is 5.13 Å². The molecular formula is C32H29N3O4S2. The van der Waals surface area contributed by atoms with Crippen molar-refractivity contribution in [2.75, 3.05) is 17.1 Å². The Kier molecular flexibility index (Phi) is 8.47. The minimum atomic E-state index is -3.79. The molecule has 0 saturated heterocycles. The molecule has 5 aromatic rings. The highest BCUT2D eigenvalue weighted by Gasteiger charge is 2.17. The number of aromatic nitrogens is 1. The highest BCUT2D eigenvalue weighted by molar-refractivity contribution is 7.92. The molecule has 41 heavy (non-hydrogen) atoms. The standard InChI is InChI=1S/C32H29N3O4S2/c1-3-7-29-30(24-12-10-23(11-13-24)22-8-5-4-6-9-22)33-32(40-29)34-31(36)25-14-16-26(17-15-25)35-41(37,38)28-20-18-27(39-2)19-21-28/h4-6,8-21,35H,3,7H2,1-2H3,(H,33,34,36). The van der Waals surface area contributed by atoms with Crippen LogP contribution in [0.15, 0.2) is 108 Å². The molecule has 5 rings (SSSR count). The summed E-state index contributed by atoms with van der Waals surface area (Å²) in [4.78, 5) is 19.0. The molecule has 2 N–H and O–H groups in total. The Balaban J connectivity index is 1.29. The van der Waals surface area contributed by atoms with Gasteiger partial charge in [-0.1, -0.05) is 67.9 Å². The molecule has 9 heteroatoms. The lowest BCUT2D eigenvalue weighted by molar-refractivity contribution is 0.102. The molecule has 4 aromatic carbocycles. The number of ether oxygens (including phenoxy) is 1. The minimum Gasteiger partial charge on any atom is -0.497 e. The van der Waals surface area contributed by atoms with Gasteiger partial charge in [0.25, 0.3) is 15.9 Å². The van der Waals surface area contributed by atoms with Gasteiger partial charge in [-0.3, -0.25) is 14.8 Å². The molecule has 7 nitrogen and oxygen atoms in total. The molecule has 0 unspecified atom stereocenters. The lowest BCUT2D eigenvalue weighted by Crippen LogP contribution is -2.14. The third kappa shape index (κ3) is 6.65. The lowest BCUT2D eigenvalue weighted by atomic mass is 10.0. The summed E-state index contributed by atoms with van der Waals surface area (Å²) in [6, 6.07) is 30.9. The molecule has 1 amide bonds. The molecule has 0 radical (unpaired) electrons. The quantitative estimate of drug-likeness (QED) is 0.178. The summed E-state index contributed by atoms with van der Waals surface area (Å²) in [6.07, 6.45) is 1.81. The van der Waals surface area contributed by atoms with E-state index in [0.717, 1.165) is 40.1 Å². The van der Waals surface area contributed by atoms with Crippen LogP contribution in [0.1, 0.15) is 28.6 Å². The van der Waals surface area contributed by atoms with Crippen LogP contribution in [-0.2, 0) is 16.4 Å². The van der Waals surface area contributed by atoms with Gasteiger partial charge in [-0.15, -0.1) is 11.3 Å². The van der Waals surface area contributed by atoms with Gasteiger partial charge in [-0.2, -0.15) is 0 Å². The predicted octanol–water partition coefficient (Wildman–Crippen LogP) is 7.49.